The number of nitriles is 1. The average molecular weight is 361 g/mol. The Balaban J connectivity index is 1.61. The number of aromatic amines is 1. The molecule has 0 radical (unpaired) electrons. The molecule has 1 saturated carbocycles. The smallest absolute Gasteiger partial charge is 0.234 e. The van der Waals surface area contributed by atoms with Gasteiger partial charge in [0.2, 0.25) is 11.1 Å². The third-order valence-electron chi connectivity index (χ3n) is 4.15. The van der Waals surface area contributed by atoms with Crippen LogP contribution >= 0.6 is 23.1 Å². The van der Waals surface area contributed by atoms with Crippen LogP contribution in [0.5, 0.6) is 0 Å². The largest absolute Gasteiger partial charge is 0.337 e. The van der Waals surface area contributed by atoms with E-state index in [4.69, 9.17) is 0 Å². The van der Waals surface area contributed by atoms with E-state index < -0.39 is 5.54 Å². The molecule has 2 aromatic heterocycles. The standard InChI is InChI=1S/C16H19N5OS2/c1-11(14(22)19-16(10-17)7-3-2-4-8-16)24-15-18-13(20-21-15)12-6-5-9-23-12/h5-6,9,11H,2-4,7-8H2,1H3,(H,19,22)(H,18,20,21). The van der Waals surface area contributed by atoms with Gasteiger partial charge >= 0.3 is 0 Å². The predicted molar refractivity (Wildman–Crippen MR) is 94.6 cm³/mol. The van der Waals surface area contributed by atoms with Crippen LogP contribution in [-0.4, -0.2) is 31.9 Å². The number of hydrogen-bond donors (Lipinski definition) is 2. The summed E-state index contributed by atoms with van der Waals surface area (Å²) in [5.41, 5.74) is -0.703. The summed E-state index contributed by atoms with van der Waals surface area (Å²) >= 11 is 2.88. The van der Waals surface area contributed by atoms with E-state index >= 15 is 0 Å². The molecule has 6 nitrogen and oxygen atoms in total. The second kappa shape index (κ2) is 7.36. The lowest BCUT2D eigenvalue weighted by Crippen LogP contribution is -2.50. The zero-order valence-electron chi connectivity index (χ0n) is 13.4. The molecule has 0 spiro atoms. The maximum atomic E-state index is 12.5. The second-order valence-corrected chi connectivity index (χ2v) is 8.20. The number of H-pyrrole nitrogens is 1. The molecule has 3 rings (SSSR count). The molecule has 2 aromatic rings. The van der Waals surface area contributed by atoms with Crippen LogP contribution in [-0.2, 0) is 4.79 Å². The van der Waals surface area contributed by atoms with Crippen molar-refractivity contribution in [2.24, 2.45) is 0 Å². The predicted octanol–water partition coefficient (Wildman–Crippen LogP) is 3.36. The van der Waals surface area contributed by atoms with Gasteiger partial charge in [0, 0.05) is 0 Å². The van der Waals surface area contributed by atoms with Gasteiger partial charge in [-0.05, 0) is 31.2 Å². The van der Waals surface area contributed by atoms with Gasteiger partial charge in [0.15, 0.2) is 5.82 Å². The molecule has 1 amide bonds. The third-order valence-corrected chi connectivity index (χ3v) is 5.99. The molecule has 1 fully saturated rings. The highest BCUT2D eigenvalue weighted by Crippen LogP contribution is 2.29. The molecule has 2 heterocycles. The van der Waals surface area contributed by atoms with Crippen LogP contribution in [0.4, 0.5) is 0 Å². The summed E-state index contributed by atoms with van der Waals surface area (Å²) in [4.78, 5) is 17.9. The molecule has 126 valence electrons. The summed E-state index contributed by atoms with van der Waals surface area (Å²) < 4.78 is 0. The van der Waals surface area contributed by atoms with Gasteiger partial charge in [-0.1, -0.05) is 37.1 Å². The maximum Gasteiger partial charge on any atom is 0.234 e. The summed E-state index contributed by atoms with van der Waals surface area (Å²) in [6.45, 7) is 1.81. The highest BCUT2D eigenvalue weighted by Gasteiger charge is 2.35. The van der Waals surface area contributed by atoms with Crippen molar-refractivity contribution >= 4 is 29.0 Å². The number of thiophene rings is 1. The lowest BCUT2D eigenvalue weighted by molar-refractivity contribution is -0.121. The summed E-state index contributed by atoms with van der Waals surface area (Å²) in [5.74, 6) is 0.576. The molecule has 1 aliphatic rings. The number of nitrogens with zero attached hydrogens (tertiary/aromatic N) is 3. The van der Waals surface area contributed by atoms with Gasteiger partial charge in [0.25, 0.3) is 0 Å². The molecular formula is C16H19N5OS2. The Morgan fingerprint density at radius 1 is 1.50 bits per heavy atom. The minimum absolute atomic E-state index is 0.133. The van der Waals surface area contributed by atoms with Crippen LogP contribution in [0.25, 0.3) is 10.7 Å². The first kappa shape index (κ1) is 17.0. The van der Waals surface area contributed by atoms with E-state index in [1.165, 1.54) is 11.8 Å². The number of rotatable bonds is 5. The molecular weight excluding hydrogens is 342 g/mol. The number of amides is 1. The lowest BCUT2D eigenvalue weighted by Gasteiger charge is -2.32. The Bertz CT molecular complexity index is 728. The molecule has 1 unspecified atom stereocenters. The second-order valence-electron chi connectivity index (χ2n) is 5.95. The first-order valence-corrected chi connectivity index (χ1v) is 9.74. The van der Waals surface area contributed by atoms with E-state index in [2.05, 4.69) is 26.6 Å². The van der Waals surface area contributed by atoms with Gasteiger partial charge in [-0.3, -0.25) is 9.89 Å². The monoisotopic (exact) mass is 361 g/mol. The van der Waals surface area contributed by atoms with Gasteiger partial charge in [-0.15, -0.1) is 16.4 Å². The first-order valence-electron chi connectivity index (χ1n) is 7.98. The molecule has 0 bridgehead atoms. The molecule has 0 saturated heterocycles. The highest BCUT2D eigenvalue weighted by atomic mass is 32.2. The van der Waals surface area contributed by atoms with Crippen molar-refractivity contribution in [3.05, 3.63) is 17.5 Å². The average Bonchev–Trinajstić information content (AvgIpc) is 3.26. The van der Waals surface area contributed by atoms with Crippen LogP contribution in [0.1, 0.15) is 39.0 Å². The van der Waals surface area contributed by atoms with Gasteiger partial charge < -0.3 is 5.32 Å². The molecule has 8 heteroatoms. The Labute approximate surface area is 149 Å². The van der Waals surface area contributed by atoms with Crippen LogP contribution in [0.3, 0.4) is 0 Å². The first-order chi connectivity index (χ1) is 11.6. The van der Waals surface area contributed by atoms with Crippen molar-refractivity contribution in [1.29, 1.82) is 5.26 Å². The fourth-order valence-electron chi connectivity index (χ4n) is 2.79. The summed E-state index contributed by atoms with van der Waals surface area (Å²) in [7, 11) is 0. The van der Waals surface area contributed by atoms with Crippen molar-refractivity contribution in [1.82, 2.24) is 20.5 Å². The summed E-state index contributed by atoms with van der Waals surface area (Å²) in [6.07, 6.45) is 4.57. The third kappa shape index (κ3) is 3.79. The SMILES string of the molecule is CC(Sc1n[nH]c(-c2cccs2)n1)C(=O)NC1(C#N)CCCCC1. The topological polar surface area (TPSA) is 94.5 Å². The van der Waals surface area contributed by atoms with Crippen molar-refractivity contribution in [2.45, 2.75) is 55.0 Å². The van der Waals surface area contributed by atoms with Gasteiger partial charge in [0.05, 0.1) is 16.2 Å². The Morgan fingerprint density at radius 2 is 2.29 bits per heavy atom. The van der Waals surface area contributed by atoms with Crippen molar-refractivity contribution in [3.8, 4) is 16.8 Å². The number of hydrogen-bond acceptors (Lipinski definition) is 6. The number of nitrogens with one attached hydrogen (secondary N) is 2. The van der Waals surface area contributed by atoms with E-state index in [0.717, 1.165) is 37.0 Å². The minimum atomic E-state index is -0.703. The Hall–Kier alpha value is -1.85. The van der Waals surface area contributed by atoms with E-state index in [1.807, 2.05) is 24.4 Å². The normalized spacial score (nSPS) is 17.8. The van der Waals surface area contributed by atoms with Gasteiger partial charge in [-0.25, -0.2) is 4.98 Å². The van der Waals surface area contributed by atoms with Crippen LogP contribution in [0.15, 0.2) is 22.7 Å². The molecule has 2 N–H and O–H groups in total. The fourth-order valence-corrected chi connectivity index (χ4v) is 4.18. The van der Waals surface area contributed by atoms with Crippen LogP contribution in [0, 0.1) is 11.3 Å². The lowest BCUT2D eigenvalue weighted by atomic mass is 9.83. The van der Waals surface area contributed by atoms with Crippen molar-refractivity contribution in [3.63, 3.8) is 0 Å². The highest BCUT2D eigenvalue weighted by molar-refractivity contribution is 8.00. The zero-order valence-corrected chi connectivity index (χ0v) is 15.0. The van der Waals surface area contributed by atoms with Crippen molar-refractivity contribution in [2.75, 3.05) is 0 Å². The molecule has 24 heavy (non-hydrogen) atoms. The van der Waals surface area contributed by atoms with Crippen molar-refractivity contribution < 1.29 is 4.79 Å². The molecule has 1 atom stereocenters. The van der Waals surface area contributed by atoms with E-state index in [-0.39, 0.29) is 11.2 Å². The van der Waals surface area contributed by atoms with Crippen LogP contribution < -0.4 is 5.32 Å². The molecule has 1 aliphatic carbocycles. The number of aromatic nitrogens is 3. The minimum Gasteiger partial charge on any atom is -0.337 e. The van der Waals surface area contributed by atoms with Gasteiger partial charge in [0.1, 0.15) is 5.54 Å². The number of thioether (sulfide) groups is 1. The number of carbonyl (C=O) groups is 1. The van der Waals surface area contributed by atoms with E-state index in [9.17, 15) is 10.1 Å². The van der Waals surface area contributed by atoms with Crippen LogP contribution in [0.2, 0.25) is 0 Å². The van der Waals surface area contributed by atoms with E-state index in [0.29, 0.717) is 11.0 Å². The molecule has 0 aromatic carbocycles. The zero-order chi connectivity index (χ0) is 17.0. The summed E-state index contributed by atoms with van der Waals surface area (Å²) in [6, 6.07) is 6.24. The molecule has 0 aliphatic heterocycles. The van der Waals surface area contributed by atoms with E-state index in [1.54, 1.807) is 11.3 Å². The maximum absolute atomic E-state index is 12.5. The van der Waals surface area contributed by atoms with Gasteiger partial charge in [-0.2, -0.15) is 5.26 Å². The Morgan fingerprint density at radius 3 is 2.96 bits per heavy atom. The fraction of sp³-hybridized carbons (Fsp3) is 0.500. The summed E-state index contributed by atoms with van der Waals surface area (Å²) in [5, 5.41) is 21.6. The quantitative estimate of drug-likeness (QED) is 0.796. The Kier molecular flexibility index (Phi) is 5.21. The number of carbonyl (C=O) groups excluding carboxylic acids is 1.